The molecule has 0 saturated carbocycles. The summed E-state index contributed by atoms with van der Waals surface area (Å²) in [6.07, 6.45) is 6.22. The topological polar surface area (TPSA) is 24.9 Å². The first-order valence-electron chi connectivity index (χ1n) is 6.18. The largest absolute Gasteiger partial charge is 0.310 e. The molecule has 1 atom stereocenters. The molecule has 0 bridgehead atoms. The number of benzene rings is 1. The monoisotopic (exact) mass is 260 g/mol. The first kappa shape index (κ1) is 13.1. The summed E-state index contributed by atoms with van der Waals surface area (Å²) in [4.78, 5) is 4.08. The summed E-state index contributed by atoms with van der Waals surface area (Å²) in [5.41, 5.74) is 4.00. The van der Waals surface area contributed by atoms with Crippen LogP contribution in [0.25, 0.3) is 11.1 Å². The Balaban J connectivity index is 0.00000120. The lowest BCUT2D eigenvalue weighted by atomic mass is 9.95. The van der Waals surface area contributed by atoms with E-state index >= 15 is 0 Å². The van der Waals surface area contributed by atoms with E-state index in [1.165, 1.54) is 29.5 Å². The summed E-state index contributed by atoms with van der Waals surface area (Å²) < 4.78 is 0. The van der Waals surface area contributed by atoms with Crippen LogP contribution in [-0.2, 0) is 0 Å². The second-order valence-corrected chi connectivity index (χ2v) is 4.47. The lowest BCUT2D eigenvalue weighted by Crippen LogP contribution is -2.13. The quantitative estimate of drug-likeness (QED) is 0.893. The molecule has 0 unspecified atom stereocenters. The number of nitrogens with one attached hydrogen (secondary N) is 1. The predicted octanol–water partition coefficient (Wildman–Crippen LogP) is 3.59. The molecule has 1 aliphatic rings. The van der Waals surface area contributed by atoms with Crippen LogP contribution >= 0.6 is 12.4 Å². The second kappa shape index (κ2) is 5.98. The van der Waals surface area contributed by atoms with E-state index in [1.54, 1.807) is 0 Å². The normalized spacial score (nSPS) is 18.3. The molecule has 2 heterocycles. The van der Waals surface area contributed by atoms with Crippen LogP contribution in [0.3, 0.4) is 0 Å². The van der Waals surface area contributed by atoms with E-state index in [0.29, 0.717) is 6.04 Å². The van der Waals surface area contributed by atoms with Crippen LogP contribution in [0.5, 0.6) is 0 Å². The maximum atomic E-state index is 4.08. The maximum Gasteiger partial charge on any atom is 0.0326 e. The second-order valence-electron chi connectivity index (χ2n) is 4.47. The van der Waals surface area contributed by atoms with Crippen molar-refractivity contribution < 1.29 is 0 Å². The van der Waals surface area contributed by atoms with Gasteiger partial charge in [-0.3, -0.25) is 4.98 Å². The van der Waals surface area contributed by atoms with Gasteiger partial charge in [-0.1, -0.05) is 24.3 Å². The lowest BCUT2D eigenvalue weighted by Gasteiger charge is -2.15. The molecule has 1 fully saturated rings. The first-order valence-corrected chi connectivity index (χ1v) is 6.18. The summed E-state index contributed by atoms with van der Waals surface area (Å²) in [6, 6.07) is 13.3. The fraction of sp³-hybridized carbons (Fsp3) is 0.267. The van der Waals surface area contributed by atoms with Gasteiger partial charge >= 0.3 is 0 Å². The number of rotatable bonds is 2. The van der Waals surface area contributed by atoms with Crippen molar-refractivity contribution in [2.75, 3.05) is 6.54 Å². The van der Waals surface area contributed by atoms with Crippen LogP contribution in [0.4, 0.5) is 0 Å². The molecular formula is C15H17ClN2. The zero-order chi connectivity index (χ0) is 11.5. The molecule has 3 rings (SSSR count). The molecular weight excluding hydrogens is 244 g/mol. The van der Waals surface area contributed by atoms with Gasteiger partial charge in [0.25, 0.3) is 0 Å². The molecule has 2 aromatic rings. The third kappa shape index (κ3) is 2.55. The van der Waals surface area contributed by atoms with E-state index in [0.717, 1.165) is 6.54 Å². The highest BCUT2D eigenvalue weighted by atomic mass is 35.5. The highest BCUT2D eigenvalue weighted by molar-refractivity contribution is 5.85. The minimum atomic E-state index is 0. The van der Waals surface area contributed by atoms with Gasteiger partial charge in [0, 0.05) is 18.4 Å². The standard InChI is InChI=1S/C15H16N2.ClH/c1-2-5-14(15-6-3-9-17-15)13(4-1)12-7-10-16-11-8-12;/h1-2,4-5,7-8,10-11,15,17H,3,6,9H2;1H/t15-;/m0./s1. The van der Waals surface area contributed by atoms with Crippen molar-refractivity contribution in [2.24, 2.45) is 0 Å². The first-order chi connectivity index (χ1) is 8.45. The Morgan fingerprint density at radius 1 is 1.06 bits per heavy atom. The number of halogens is 1. The van der Waals surface area contributed by atoms with Crippen LogP contribution in [0.1, 0.15) is 24.4 Å². The summed E-state index contributed by atoms with van der Waals surface area (Å²) >= 11 is 0. The van der Waals surface area contributed by atoms with Gasteiger partial charge in [0.2, 0.25) is 0 Å². The minimum absolute atomic E-state index is 0. The Kier molecular flexibility index (Phi) is 4.34. The van der Waals surface area contributed by atoms with Gasteiger partial charge in [-0.15, -0.1) is 12.4 Å². The minimum Gasteiger partial charge on any atom is -0.310 e. The van der Waals surface area contributed by atoms with Crippen LogP contribution < -0.4 is 5.32 Å². The molecule has 3 heteroatoms. The fourth-order valence-corrected chi connectivity index (χ4v) is 2.55. The summed E-state index contributed by atoms with van der Waals surface area (Å²) in [6.45, 7) is 1.13. The molecule has 0 radical (unpaired) electrons. The van der Waals surface area contributed by atoms with Gasteiger partial charge in [0.1, 0.15) is 0 Å². The molecule has 1 aromatic heterocycles. The van der Waals surface area contributed by atoms with Crippen LogP contribution in [-0.4, -0.2) is 11.5 Å². The third-order valence-electron chi connectivity index (χ3n) is 3.39. The van der Waals surface area contributed by atoms with Gasteiger partial charge in [-0.05, 0) is 48.2 Å². The van der Waals surface area contributed by atoms with Crippen molar-refractivity contribution in [3.05, 3.63) is 54.4 Å². The van der Waals surface area contributed by atoms with Crippen molar-refractivity contribution in [3.63, 3.8) is 0 Å². The van der Waals surface area contributed by atoms with Crippen molar-refractivity contribution in [3.8, 4) is 11.1 Å². The van der Waals surface area contributed by atoms with Crippen LogP contribution in [0.2, 0.25) is 0 Å². The van der Waals surface area contributed by atoms with Crippen molar-refractivity contribution >= 4 is 12.4 Å². The Morgan fingerprint density at radius 2 is 1.83 bits per heavy atom. The molecule has 1 aliphatic heterocycles. The fourth-order valence-electron chi connectivity index (χ4n) is 2.55. The Morgan fingerprint density at radius 3 is 2.56 bits per heavy atom. The smallest absolute Gasteiger partial charge is 0.0326 e. The average molecular weight is 261 g/mol. The van der Waals surface area contributed by atoms with Crippen LogP contribution in [0.15, 0.2) is 48.8 Å². The number of hydrogen-bond acceptors (Lipinski definition) is 2. The van der Waals surface area contributed by atoms with Gasteiger partial charge in [-0.25, -0.2) is 0 Å². The highest BCUT2D eigenvalue weighted by Crippen LogP contribution is 2.31. The summed E-state index contributed by atoms with van der Waals surface area (Å²) in [5.74, 6) is 0. The SMILES string of the molecule is Cl.c1ccc([C@@H]2CCCN2)c(-c2ccncc2)c1. The van der Waals surface area contributed by atoms with Gasteiger partial charge in [-0.2, -0.15) is 0 Å². The lowest BCUT2D eigenvalue weighted by molar-refractivity contribution is 0.649. The predicted molar refractivity (Wildman–Crippen MR) is 76.9 cm³/mol. The van der Waals surface area contributed by atoms with Gasteiger partial charge < -0.3 is 5.32 Å². The number of nitrogens with zero attached hydrogens (tertiary/aromatic N) is 1. The van der Waals surface area contributed by atoms with Gasteiger partial charge in [0.05, 0.1) is 0 Å². The number of aromatic nitrogens is 1. The van der Waals surface area contributed by atoms with E-state index in [2.05, 4.69) is 46.7 Å². The molecule has 18 heavy (non-hydrogen) atoms. The summed E-state index contributed by atoms with van der Waals surface area (Å²) in [7, 11) is 0. The summed E-state index contributed by atoms with van der Waals surface area (Å²) in [5, 5.41) is 3.57. The van der Waals surface area contributed by atoms with E-state index < -0.39 is 0 Å². The zero-order valence-electron chi connectivity index (χ0n) is 10.2. The van der Waals surface area contributed by atoms with E-state index in [9.17, 15) is 0 Å². The van der Waals surface area contributed by atoms with Crippen molar-refractivity contribution in [1.29, 1.82) is 0 Å². The molecule has 0 spiro atoms. The number of hydrogen-bond donors (Lipinski definition) is 1. The molecule has 0 amide bonds. The maximum absolute atomic E-state index is 4.08. The van der Waals surface area contributed by atoms with E-state index in [1.807, 2.05) is 12.4 Å². The van der Waals surface area contributed by atoms with E-state index in [-0.39, 0.29) is 12.4 Å². The molecule has 1 aromatic carbocycles. The van der Waals surface area contributed by atoms with Crippen LogP contribution in [0, 0.1) is 0 Å². The van der Waals surface area contributed by atoms with Crippen molar-refractivity contribution in [2.45, 2.75) is 18.9 Å². The van der Waals surface area contributed by atoms with E-state index in [4.69, 9.17) is 0 Å². The molecule has 2 nitrogen and oxygen atoms in total. The highest BCUT2D eigenvalue weighted by Gasteiger charge is 2.18. The number of pyridine rings is 1. The van der Waals surface area contributed by atoms with Crippen molar-refractivity contribution in [1.82, 2.24) is 10.3 Å². The molecule has 0 aliphatic carbocycles. The Bertz CT molecular complexity index is 493. The molecule has 94 valence electrons. The molecule has 1 saturated heterocycles. The van der Waals surface area contributed by atoms with Gasteiger partial charge in [0.15, 0.2) is 0 Å². The zero-order valence-corrected chi connectivity index (χ0v) is 11.0. The average Bonchev–Trinajstić information content (AvgIpc) is 2.94. The Labute approximate surface area is 114 Å². The third-order valence-corrected chi connectivity index (χ3v) is 3.39. The Hall–Kier alpha value is -1.38. The molecule has 1 N–H and O–H groups in total.